The van der Waals surface area contributed by atoms with Gasteiger partial charge in [0.1, 0.15) is 0 Å². The summed E-state index contributed by atoms with van der Waals surface area (Å²) in [5.74, 6) is -1.43. The predicted molar refractivity (Wildman–Crippen MR) is 48.2 cm³/mol. The second-order valence-electron chi connectivity index (χ2n) is 2.86. The van der Waals surface area contributed by atoms with E-state index in [0.717, 1.165) is 6.92 Å². The van der Waals surface area contributed by atoms with Crippen LogP contribution in [0, 0.1) is 0 Å². The molecule has 0 aliphatic carbocycles. The number of halogens is 3. The number of thiol groups is 1. The van der Waals surface area contributed by atoms with Crippen molar-refractivity contribution in [2.24, 2.45) is 0 Å². The molecular weight excluding hydrogens is 197 g/mol. The van der Waals surface area contributed by atoms with Gasteiger partial charge in [-0.3, -0.25) is 0 Å². The van der Waals surface area contributed by atoms with Crippen molar-refractivity contribution >= 4 is 12.6 Å². The van der Waals surface area contributed by atoms with Crippen molar-refractivity contribution in [1.29, 1.82) is 0 Å². The summed E-state index contributed by atoms with van der Waals surface area (Å²) in [5.41, 5.74) is 0.250. The monoisotopic (exact) mass is 206 g/mol. The maximum Gasteiger partial charge on any atom is 0.395 e. The quantitative estimate of drug-likeness (QED) is 0.666. The Morgan fingerprint density at radius 3 is 2.38 bits per heavy atom. The third kappa shape index (κ3) is 2.66. The van der Waals surface area contributed by atoms with Gasteiger partial charge in [-0.1, -0.05) is 12.1 Å². The van der Waals surface area contributed by atoms with Crippen molar-refractivity contribution in [1.82, 2.24) is 0 Å². The zero-order chi connectivity index (χ0) is 10.1. The summed E-state index contributed by atoms with van der Waals surface area (Å²) in [7, 11) is 0. The molecule has 0 aliphatic rings. The normalized spacial score (nSPS) is 14.2. The smallest absolute Gasteiger partial charge is 0.170 e. The molecule has 0 nitrogen and oxygen atoms in total. The van der Waals surface area contributed by atoms with Crippen LogP contribution in [0.1, 0.15) is 18.4 Å². The number of rotatable bonds is 1. The van der Waals surface area contributed by atoms with Crippen LogP contribution in [0.25, 0.3) is 0 Å². The fourth-order valence-electron chi connectivity index (χ4n) is 0.983. The lowest BCUT2D eigenvalue weighted by Gasteiger charge is -2.15. The maximum atomic E-state index is 12.2. The van der Waals surface area contributed by atoms with Crippen LogP contribution < -0.4 is 0 Å². The van der Waals surface area contributed by atoms with E-state index in [1.807, 2.05) is 0 Å². The van der Waals surface area contributed by atoms with E-state index in [2.05, 4.69) is 12.6 Å². The van der Waals surface area contributed by atoms with Crippen molar-refractivity contribution < 1.29 is 13.2 Å². The van der Waals surface area contributed by atoms with E-state index >= 15 is 0 Å². The van der Waals surface area contributed by atoms with Gasteiger partial charge in [-0.25, -0.2) is 0 Å². The maximum absolute atomic E-state index is 12.2. The van der Waals surface area contributed by atoms with E-state index in [-0.39, 0.29) is 5.56 Å². The van der Waals surface area contributed by atoms with Gasteiger partial charge < -0.3 is 0 Å². The highest BCUT2D eigenvalue weighted by Gasteiger charge is 2.36. The summed E-state index contributed by atoms with van der Waals surface area (Å²) < 4.78 is 36.7. The Morgan fingerprint density at radius 1 is 1.31 bits per heavy atom. The molecule has 0 radical (unpaired) electrons. The van der Waals surface area contributed by atoms with Crippen molar-refractivity contribution in [3.8, 4) is 0 Å². The molecule has 0 aliphatic heterocycles. The van der Waals surface area contributed by atoms with Crippen LogP contribution in [0.2, 0.25) is 0 Å². The van der Waals surface area contributed by atoms with E-state index in [9.17, 15) is 13.2 Å². The zero-order valence-electron chi connectivity index (χ0n) is 6.97. The summed E-state index contributed by atoms with van der Waals surface area (Å²) >= 11 is 3.98. The van der Waals surface area contributed by atoms with Crippen LogP contribution in [-0.2, 0) is 0 Å². The average Bonchev–Trinajstić information content (AvgIpc) is 2.01. The third-order valence-electron chi connectivity index (χ3n) is 1.86. The van der Waals surface area contributed by atoms with Gasteiger partial charge in [-0.05, 0) is 24.6 Å². The largest absolute Gasteiger partial charge is 0.395 e. The lowest BCUT2D eigenvalue weighted by molar-refractivity contribution is -0.146. The molecule has 0 aromatic heterocycles. The van der Waals surface area contributed by atoms with Crippen molar-refractivity contribution in [2.75, 3.05) is 0 Å². The molecule has 0 bridgehead atoms. The molecule has 0 fully saturated rings. The van der Waals surface area contributed by atoms with Gasteiger partial charge in [0.2, 0.25) is 0 Å². The first kappa shape index (κ1) is 10.4. The highest BCUT2D eigenvalue weighted by atomic mass is 32.1. The minimum absolute atomic E-state index is 0.250. The van der Waals surface area contributed by atoms with Crippen LogP contribution >= 0.6 is 12.6 Å². The SMILES string of the molecule is CC(c1cccc(S)c1)C(F)(F)F. The van der Waals surface area contributed by atoms with E-state index in [4.69, 9.17) is 0 Å². The van der Waals surface area contributed by atoms with Crippen LogP contribution in [0.3, 0.4) is 0 Å². The second kappa shape index (κ2) is 3.62. The molecule has 0 N–H and O–H groups in total. The average molecular weight is 206 g/mol. The molecular formula is C9H9F3S. The van der Waals surface area contributed by atoms with Gasteiger partial charge in [0.15, 0.2) is 0 Å². The minimum Gasteiger partial charge on any atom is -0.170 e. The van der Waals surface area contributed by atoms with Crippen LogP contribution in [-0.4, -0.2) is 6.18 Å². The molecule has 1 aromatic carbocycles. The number of alkyl halides is 3. The van der Waals surface area contributed by atoms with Crippen LogP contribution in [0.5, 0.6) is 0 Å². The fourth-order valence-corrected chi connectivity index (χ4v) is 1.22. The minimum atomic E-state index is -4.18. The Labute approximate surface area is 80.2 Å². The first-order chi connectivity index (χ1) is 5.91. The van der Waals surface area contributed by atoms with Crippen LogP contribution in [0.15, 0.2) is 29.2 Å². The summed E-state index contributed by atoms with van der Waals surface area (Å²) in [4.78, 5) is 0.550. The Morgan fingerprint density at radius 2 is 1.92 bits per heavy atom. The molecule has 72 valence electrons. The summed E-state index contributed by atoms with van der Waals surface area (Å²) in [6.45, 7) is 1.14. The van der Waals surface area contributed by atoms with Crippen LogP contribution in [0.4, 0.5) is 13.2 Å². The predicted octanol–water partition coefficient (Wildman–Crippen LogP) is 3.64. The van der Waals surface area contributed by atoms with Gasteiger partial charge >= 0.3 is 6.18 Å². The second-order valence-corrected chi connectivity index (χ2v) is 3.37. The standard InChI is InChI=1S/C9H9F3S/c1-6(9(10,11)12)7-3-2-4-8(13)5-7/h2-6,13H,1H3. The number of hydrogen-bond acceptors (Lipinski definition) is 1. The molecule has 1 rings (SSSR count). The first-order valence-corrected chi connectivity index (χ1v) is 4.21. The topological polar surface area (TPSA) is 0 Å². The Balaban J connectivity index is 2.96. The molecule has 0 heterocycles. The highest BCUT2D eigenvalue weighted by molar-refractivity contribution is 7.80. The van der Waals surface area contributed by atoms with E-state index in [1.165, 1.54) is 12.1 Å². The molecule has 4 heteroatoms. The molecule has 1 aromatic rings. The zero-order valence-corrected chi connectivity index (χ0v) is 7.86. The lowest BCUT2D eigenvalue weighted by Crippen LogP contribution is -2.17. The number of benzene rings is 1. The first-order valence-electron chi connectivity index (χ1n) is 3.77. The number of hydrogen-bond donors (Lipinski definition) is 1. The van der Waals surface area contributed by atoms with E-state index < -0.39 is 12.1 Å². The van der Waals surface area contributed by atoms with Gasteiger partial charge in [0, 0.05) is 4.90 Å². The lowest BCUT2D eigenvalue weighted by atomic mass is 10.0. The van der Waals surface area contributed by atoms with E-state index in [0.29, 0.717) is 4.90 Å². The molecule has 13 heavy (non-hydrogen) atoms. The summed E-state index contributed by atoms with van der Waals surface area (Å²) in [6, 6.07) is 6.11. The van der Waals surface area contributed by atoms with Gasteiger partial charge in [-0.2, -0.15) is 13.2 Å². The summed E-state index contributed by atoms with van der Waals surface area (Å²) in [6.07, 6.45) is -4.18. The fraction of sp³-hybridized carbons (Fsp3) is 0.333. The molecule has 1 unspecified atom stereocenters. The molecule has 0 saturated carbocycles. The Hall–Kier alpha value is -0.640. The third-order valence-corrected chi connectivity index (χ3v) is 2.14. The molecule has 0 spiro atoms. The van der Waals surface area contributed by atoms with E-state index in [1.54, 1.807) is 12.1 Å². The molecule has 0 amide bonds. The Bertz CT molecular complexity index is 293. The highest BCUT2D eigenvalue weighted by Crippen LogP contribution is 2.34. The van der Waals surface area contributed by atoms with Crippen molar-refractivity contribution in [2.45, 2.75) is 23.9 Å². The van der Waals surface area contributed by atoms with Gasteiger partial charge in [0.05, 0.1) is 5.92 Å². The molecule has 0 saturated heterocycles. The van der Waals surface area contributed by atoms with Crippen molar-refractivity contribution in [3.05, 3.63) is 29.8 Å². The Kier molecular flexibility index (Phi) is 2.91. The summed E-state index contributed by atoms with van der Waals surface area (Å²) in [5, 5.41) is 0. The van der Waals surface area contributed by atoms with Gasteiger partial charge in [0.25, 0.3) is 0 Å². The van der Waals surface area contributed by atoms with Gasteiger partial charge in [-0.15, -0.1) is 12.6 Å². The molecule has 1 atom stereocenters. The van der Waals surface area contributed by atoms with Crippen molar-refractivity contribution in [3.63, 3.8) is 0 Å².